The van der Waals surface area contributed by atoms with E-state index in [-0.39, 0.29) is 17.3 Å². The Hall–Kier alpha value is -3.41. The lowest BCUT2D eigenvalue weighted by molar-refractivity contribution is -0.140. The maximum absolute atomic E-state index is 12.9. The van der Waals surface area contributed by atoms with Crippen LogP contribution in [0.3, 0.4) is 0 Å². The molecule has 0 saturated heterocycles. The van der Waals surface area contributed by atoms with E-state index in [0.29, 0.717) is 40.8 Å². The van der Waals surface area contributed by atoms with Crippen LogP contribution in [0.2, 0.25) is 0 Å². The highest BCUT2D eigenvalue weighted by atomic mass is 16.5. The molecule has 2 aromatic carbocycles. The van der Waals surface area contributed by atoms with Crippen molar-refractivity contribution in [3.8, 4) is 11.3 Å². The lowest BCUT2D eigenvalue weighted by Gasteiger charge is -2.11. The molecule has 0 radical (unpaired) electrons. The summed E-state index contributed by atoms with van der Waals surface area (Å²) in [5.41, 5.74) is 1.81. The molecule has 6 heteroatoms. The second-order valence-corrected chi connectivity index (χ2v) is 7.43. The van der Waals surface area contributed by atoms with Crippen LogP contribution in [0.15, 0.2) is 57.7 Å². The van der Waals surface area contributed by atoms with E-state index < -0.39 is 0 Å². The summed E-state index contributed by atoms with van der Waals surface area (Å²) in [4.78, 5) is 36.8. The van der Waals surface area contributed by atoms with Crippen molar-refractivity contribution in [1.82, 2.24) is 5.32 Å². The Morgan fingerprint density at radius 2 is 1.71 bits per heavy atom. The van der Waals surface area contributed by atoms with Crippen LogP contribution in [0.1, 0.15) is 48.0 Å². The molecular weight excluding hydrogens is 394 g/mol. The molecule has 0 aliphatic rings. The van der Waals surface area contributed by atoms with Crippen molar-refractivity contribution in [2.24, 2.45) is 0 Å². The molecule has 0 atom stereocenters. The molecule has 3 rings (SSSR count). The number of fused-ring (bicyclic) bond motifs is 1. The topological polar surface area (TPSA) is 85.6 Å². The van der Waals surface area contributed by atoms with Gasteiger partial charge in [0, 0.05) is 24.1 Å². The van der Waals surface area contributed by atoms with Crippen molar-refractivity contribution in [2.75, 3.05) is 13.7 Å². The van der Waals surface area contributed by atoms with Crippen molar-refractivity contribution in [3.63, 3.8) is 0 Å². The zero-order chi connectivity index (χ0) is 22.2. The first-order chi connectivity index (χ1) is 15.0. The number of carbonyl (C=O) groups is 2. The van der Waals surface area contributed by atoms with Gasteiger partial charge in [0.1, 0.15) is 5.76 Å². The fraction of sp³-hybridized carbons (Fsp3) is 0.320. The fourth-order valence-corrected chi connectivity index (χ4v) is 3.50. The first-order valence-electron chi connectivity index (χ1n) is 10.5. The maximum atomic E-state index is 12.9. The Morgan fingerprint density at radius 3 is 2.45 bits per heavy atom. The lowest BCUT2D eigenvalue weighted by Crippen LogP contribution is -2.25. The zero-order valence-electron chi connectivity index (χ0n) is 17.9. The molecule has 0 saturated carbocycles. The van der Waals surface area contributed by atoms with Gasteiger partial charge in [0.15, 0.2) is 11.0 Å². The second-order valence-electron chi connectivity index (χ2n) is 7.43. The smallest absolute Gasteiger partial charge is 0.305 e. The number of hydrogen-bond acceptors (Lipinski definition) is 5. The van der Waals surface area contributed by atoms with Crippen LogP contribution < -0.4 is 10.7 Å². The molecule has 0 bridgehead atoms. The molecule has 31 heavy (non-hydrogen) atoms. The lowest BCUT2D eigenvalue weighted by atomic mass is 10.0. The van der Waals surface area contributed by atoms with Crippen molar-refractivity contribution in [2.45, 2.75) is 39.0 Å². The van der Waals surface area contributed by atoms with Gasteiger partial charge in [0.05, 0.1) is 18.1 Å². The molecule has 0 aliphatic carbocycles. The first-order valence-corrected chi connectivity index (χ1v) is 10.5. The van der Waals surface area contributed by atoms with Gasteiger partial charge in [-0.2, -0.15) is 0 Å². The molecule has 162 valence electrons. The predicted octanol–water partition coefficient (Wildman–Crippen LogP) is 4.62. The van der Waals surface area contributed by atoms with E-state index in [9.17, 15) is 14.4 Å². The van der Waals surface area contributed by atoms with Crippen LogP contribution in [0, 0.1) is 6.92 Å². The number of amides is 1. The quantitative estimate of drug-likeness (QED) is 0.402. The van der Waals surface area contributed by atoms with Gasteiger partial charge >= 0.3 is 5.97 Å². The largest absolute Gasteiger partial charge is 0.469 e. The second kappa shape index (κ2) is 10.6. The summed E-state index contributed by atoms with van der Waals surface area (Å²) >= 11 is 0. The van der Waals surface area contributed by atoms with E-state index >= 15 is 0 Å². The first kappa shape index (κ1) is 22.3. The maximum Gasteiger partial charge on any atom is 0.305 e. The van der Waals surface area contributed by atoms with Gasteiger partial charge in [0.2, 0.25) is 0 Å². The molecule has 0 aliphatic heterocycles. The van der Waals surface area contributed by atoms with Gasteiger partial charge in [-0.05, 0) is 31.9 Å². The molecule has 1 aromatic heterocycles. The third-order valence-corrected chi connectivity index (χ3v) is 5.25. The third kappa shape index (κ3) is 5.40. The highest BCUT2D eigenvalue weighted by molar-refractivity contribution is 6.05. The molecule has 1 N–H and O–H groups in total. The van der Waals surface area contributed by atoms with Gasteiger partial charge in [-0.3, -0.25) is 14.4 Å². The van der Waals surface area contributed by atoms with Crippen LogP contribution in [0.25, 0.3) is 22.3 Å². The summed E-state index contributed by atoms with van der Waals surface area (Å²) in [6, 6.07) is 14.4. The Balaban J connectivity index is 1.72. The van der Waals surface area contributed by atoms with E-state index in [1.54, 1.807) is 25.1 Å². The van der Waals surface area contributed by atoms with Gasteiger partial charge in [-0.1, -0.05) is 49.2 Å². The van der Waals surface area contributed by atoms with Crippen LogP contribution in [0.5, 0.6) is 0 Å². The van der Waals surface area contributed by atoms with Crippen molar-refractivity contribution >= 4 is 22.8 Å². The molecular formula is C25H27NO5. The van der Waals surface area contributed by atoms with Crippen LogP contribution in [-0.2, 0) is 9.53 Å². The summed E-state index contributed by atoms with van der Waals surface area (Å²) in [5.74, 6) is 0.00555. The third-order valence-electron chi connectivity index (χ3n) is 5.25. The van der Waals surface area contributed by atoms with Crippen molar-refractivity contribution in [1.29, 1.82) is 0 Å². The minimum atomic E-state index is -0.272. The average Bonchev–Trinajstić information content (AvgIpc) is 2.80. The highest BCUT2D eigenvalue weighted by Gasteiger charge is 2.18. The molecule has 3 aromatic rings. The van der Waals surface area contributed by atoms with E-state index in [0.717, 1.165) is 31.2 Å². The highest BCUT2D eigenvalue weighted by Crippen LogP contribution is 2.27. The molecule has 1 heterocycles. The summed E-state index contributed by atoms with van der Waals surface area (Å²) in [5, 5.41) is 3.30. The molecule has 6 nitrogen and oxygen atoms in total. The number of benzene rings is 2. The SMILES string of the molecule is COC(=O)CCCCCCNC(=O)c1cccc2c(=O)c(C)c(-c3ccccc3)oc12. The standard InChI is InChI=1S/C25H27NO5/c1-17-22(28)19-13-10-14-20(24(19)31-23(17)18-11-6-5-7-12-18)25(29)26-16-9-4-3-8-15-21(27)30-2/h5-7,10-14H,3-4,8-9,15-16H2,1-2H3,(H,26,29). The zero-order valence-corrected chi connectivity index (χ0v) is 17.9. The molecule has 0 unspecified atom stereocenters. The van der Waals surface area contributed by atoms with Crippen molar-refractivity contribution in [3.05, 3.63) is 69.9 Å². The predicted molar refractivity (Wildman–Crippen MR) is 120 cm³/mol. The van der Waals surface area contributed by atoms with Gasteiger partial charge in [-0.15, -0.1) is 0 Å². The van der Waals surface area contributed by atoms with Crippen LogP contribution in [-0.4, -0.2) is 25.5 Å². The number of ether oxygens (including phenoxy) is 1. The summed E-state index contributed by atoms with van der Waals surface area (Å²) in [6.45, 7) is 2.25. The van der Waals surface area contributed by atoms with Crippen LogP contribution in [0.4, 0.5) is 0 Å². The van der Waals surface area contributed by atoms with Gasteiger partial charge in [0.25, 0.3) is 5.91 Å². The number of para-hydroxylation sites is 1. The van der Waals surface area contributed by atoms with Crippen molar-refractivity contribution < 1.29 is 18.7 Å². The van der Waals surface area contributed by atoms with E-state index in [1.807, 2.05) is 30.3 Å². The minimum absolute atomic E-state index is 0.139. The number of unbranched alkanes of at least 4 members (excludes halogenated alkanes) is 3. The number of methoxy groups -OCH3 is 1. The van der Waals surface area contributed by atoms with E-state index in [2.05, 4.69) is 10.1 Å². The normalized spacial score (nSPS) is 10.8. The number of hydrogen-bond donors (Lipinski definition) is 1. The number of carbonyl (C=O) groups excluding carboxylic acids is 2. The van der Waals surface area contributed by atoms with Gasteiger partial charge < -0.3 is 14.5 Å². The molecule has 0 spiro atoms. The summed E-state index contributed by atoms with van der Waals surface area (Å²) < 4.78 is 10.7. The molecule has 0 fully saturated rings. The van der Waals surface area contributed by atoms with Crippen LogP contribution >= 0.6 is 0 Å². The number of nitrogens with one attached hydrogen (secondary N) is 1. The Morgan fingerprint density at radius 1 is 0.968 bits per heavy atom. The Bertz CT molecular complexity index is 1120. The van der Waals surface area contributed by atoms with E-state index in [4.69, 9.17) is 4.42 Å². The fourth-order valence-electron chi connectivity index (χ4n) is 3.50. The Kier molecular flexibility index (Phi) is 7.60. The monoisotopic (exact) mass is 421 g/mol. The Labute approximate surface area is 181 Å². The minimum Gasteiger partial charge on any atom is -0.469 e. The summed E-state index contributed by atoms with van der Waals surface area (Å²) in [7, 11) is 1.39. The van der Waals surface area contributed by atoms with E-state index in [1.165, 1.54) is 7.11 Å². The average molecular weight is 421 g/mol. The number of esters is 1. The van der Waals surface area contributed by atoms with Gasteiger partial charge in [-0.25, -0.2) is 0 Å². The number of rotatable bonds is 9. The summed E-state index contributed by atoms with van der Waals surface area (Å²) in [6.07, 6.45) is 3.79. The molecule has 1 amide bonds.